The number of rotatable bonds is 5. The van der Waals surface area contributed by atoms with Gasteiger partial charge in [0.05, 0.1) is 17.7 Å². The number of nitro groups is 1. The number of likely N-dealkylation sites (N-methyl/N-ethyl adjacent to an activating group) is 1. The van der Waals surface area contributed by atoms with Gasteiger partial charge >= 0.3 is 0 Å². The van der Waals surface area contributed by atoms with Crippen LogP contribution in [-0.4, -0.2) is 66.9 Å². The lowest BCUT2D eigenvalue weighted by molar-refractivity contribution is -0.385. The summed E-state index contributed by atoms with van der Waals surface area (Å²) in [7, 11) is 3.43. The van der Waals surface area contributed by atoms with E-state index in [0.29, 0.717) is 24.4 Å². The average Bonchev–Trinajstić information content (AvgIpc) is 2.73. The van der Waals surface area contributed by atoms with Crippen molar-refractivity contribution in [3.63, 3.8) is 0 Å². The summed E-state index contributed by atoms with van der Waals surface area (Å²) in [5.41, 5.74) is 0.0684. The van der Waals surface area contributed by atoms with E-state index in [0.717, 1.165) is 19.2 Å². The Hall–Kier alpha value is -3.17. The van der Waals surface area contributed by atoms with Crippen molar-refractivity contribution in [2.75, 3.05) is 45.7 Å². The van der Waals surface area contributed by atoms with Crippen LogP contribution in [0.3, 0.4) is 0 Å². The number of benzene rings is 2. The second kappa shape index (κ2) is 9.10. The first kappa shape index (κ1) is 21.5. The molecule has 1 aliphatic rings. The van der Waals surface area contributed by atoms with Gasteiger partial charge in [-0.15, -0.1) is 0 Å². The maximum Gasteiger partial charge on any atom is 0.283 e. The lowest BCUT2D eigenvalue weighted by Gasteiger charge is -2.32. The Morgan fingerprint density at radius 2 is 1.83 bits per heavy atom. The van der Waals surface area contributed by atoms with E-state index in [1.165, 1.54) is 25.3 Å². The second-order valence-corrected chi connectivity index (χ2v) is 7.32. The first-order valence-corrected chi connectivity index (χ1v) is 9.59. The average molecular weight is 433 g/mol. The van der Waals surface area contributed by atoms with E-state index in [1.807, 2.05) is 7.05 Å². The maximum absolute atomic E-state index is 12.8. The number of hydrogen-bond donors (Lipinski definition) is 1. The van der Waals surface area contributed by atoms with Crippen LogP contribution in [0, 0.1) is 10.1 Å². The molecule has 158 valence electrons. The minimum Gasteiger partial charge on any atom is -0.495 e. The summed E-state index contributed by atoms with van der Waals surface area (Å²) in [5.74, 6) is -0.533. The Kier molecular flexibility index (Phi) is 6.53. The molecule has 1 heterocycles. The molecule has 2 aromatic rings. The molecule has 0 unspecified atom stereocenters. The van der Waals surface area contributed by atoms with Crippen molar-refractivity contribution < 1.29 is 19.2 Å². The highest BCUT2D eigenvalue weighted by Crippen LogP contribution is 2.29. The van der Waals surface area contributed by atoms with E-state index in [-0.39, 0.29) is 22.2 Å². The zero-order valence-corrected chi connectivity index (χ0v) is 17.3. The molecular weight excluding hydrogens is 412 g/mol. The van der Waals surface area contributed by atoms with Gasteiger partial charge in [-0.05, 0) is 37.4 Å². The highest BCUT2D eigenvalue weighted by molar-refractivity contribution is 6.31. The molecule has 0 radical (unpaired) electrons. The standard InChI is InChI=1S/C20H21ClN4O5/c1-23-7-9-24(10-8-23)20(27)13-3-6-18(30-2)16(11-13)22-19(26)15-5-4-14(21)12-17(15)25(28)29/h3-6,11-12H,7-10H2,1-2H3,(H,22,26). The number of halogens is 1. The highest BCUT2D eigenvalue weighted by Gasteiger charge is 2.24. The normalized spacial score (nSPS) is 14.3. The van der Waals surface area contributed by atoms with Crippen LogP contribution < -0.4 is 10.1 Å². The molecule has 9 nitrogen and oxygen atoms in total. The summed E-state index contributed by atoms with van der Waals surface area (Å²) >= 11 is 5.81. The molecule has 0 aromatic heterocycles. The van der Waals surface area contributed by atoms with Crippen LogP contribution in [0.4, 0.5) is 11.4 Å². The van der Waals surface area contributed by atoms with E-state index in [9.17, 15) is 19.7 Å². The number of nitrogens with one attached hydrogen (secondary N) is 1. The highest BCUT2D eigenvalue weighted by atomic mass is 35.5. The lowest BCUT2D eigenvalue weighted by atomic mass is 10.1. The number of carbonyl (C=O) groups is 2. The predicted molar refractivity (Wildman–Crippen MR) is 112 cm³/mol. The minimum absolute atomic E-state index is 0.149. The molecule has 3 rings (SSSR count). The van der Waals surface area contributed by atoms with Gasteiger partial charge in [0.1, 0.15) is 11.3 Å². The molecule has 0 saturated carbocycles. The first-order chi connectivity index (χ1) is 14.3. The number of piperazine rings is 1. The fourth-order valence-electron chi connectivity index (χ4n) is 3.17. The molecular formula is C20H21ClN4O5. The van der Waals surface area contributed by atoms with E-state index in [1.54, 1.807) is 17.0 Å². The van der Waals surface area contributed by atoms with Crippen molar-refractivity contribution >= 4 is 34.8 Å². The maximum atomic E-state index is 12.8. The summed E-state index contributed by atoms with van der Waals surface area (Å²) in [6.45, 7) is 2.79. The Bertz CT molecular complexity index is 989. The van der Waals surface area contributed by atoms with E-state index in [4.69, 9.17) is 16.3 Å². The van der Waals surface area contributed by atoms with Crippen molar-refractivity contribution in [3.05, 3.63) is 62.7 Å². The zero-order chi connectivity index (χ0) is 21.8. The Balaban J connectivity index is 1.87. The third-order valence-electron chi connectivity index (χ3n) is 4.89. The largest absolute Gasteiger partial charge is 0.495 e. The SMILES string of the molecule is COc1ccc(C(=O)N2CCN(C)CC2)cc1NC(=O)c1ccc(Cl)cc1[N+](=O)[O-]. The van der Waals surface area contributed by atoms with Crippen molar-refractivity contribution in [3.8, 4) is 5.75 Å². The zero-order valence-electron chi connectivity index (χ0n) is 16.6. The van der Waals surface area contributed by atoms with Crippen LogP contribution in [0.15, 0.2) is 36.4 Å². The molecule has 1 fully saturated rings. The molecule has 2 amide bonds. The number of hydrogen-bond acceptors (Lipinski definition) is 6. The number of methoxy groups -OCH3 is 1. The van der Waals surface area contributed by atoms with Gasteiger partial charge in [-0.25, -0.2) is 0 Å². The second-order valence-electron chi connectivity index (χ2n) is 6.88. The molecule has 1 aliphatic heterocycles. The van der Waals surface area contributed by atoms with Crippen molar-refractivity contribution in [1.82, 2.24) is 9.80 Å². The van der Waals surface area contributed by atoms with Crippen LogP contribution in [0.2, 0.25) is 5.02 Å². The molecule has 0 bridgehead atoms. The van der Waals surface area contributed by atoms with Gasteiger partial charge in [-0.1, -0.05) is 11.6 Å². The number of amides is 2. The Morgan fingerprint density at radius 3 is 2.47 bits per heavy atom. The van der Waals surface area contributed by atoms with Gasteiger partial charge < -0.3 is 19.9 Å². The van der Waals surface area contributed by atoms with Gasteiger partial charge in [-0.2, -0.15) is 0 Å². The lowest BCUT2D eigenvalue weighted by Crippen LogP contribution is -2.47. The number of nitrogens with zero attached hydrogens (tertiary/aromatic N) is 3. The van der Waals surface area contributed by atoms with E-state index in [2.05, 4.69) is 10.2 Å². The summed E-state index contributed by atoms with van der Waals surface area (Å²) in [6, 6.07) is 8.50. The van der Waals surface area contributed by atoms with Crippen LogP contribution in [0.5, 0.6) is 5.75 Å². The number of nitro benzene ring substituents is 1. The van der Waals surface area contributed by atoms with Crippen LogP contribution >= 0.6 is 11.6 Å². The molecule has 1 saturated heterocycles. The number of carbonyl (C=O) groups excluding carboxylic acids is 2. The quantitative estimate of drug-likeness (QED) is 0.575. The summed E-state index contributed by atoms with van der Waals surface area (Å²) < 4.78 is 5.27. The minimum atomic E-state index is -0.708. The van der Waals surface area contributed by atoms with Crippen LogP contribution in [0.25, 0.3) is 0 Å². The van der Waals surface area contributed by atoms with Crippen molar-refractivity contribution in [2.45, 2.75) is 0 Å². The van der Waals surface area contributed by atoms with Gasteiger partial charge in [0.15, 0.2) is 0 Å². The van der Waals surface area contributed by atoms with Crippen molar-refractivity contribution in [2.24, 2.45) is 0 Å². The predicted octanol–water partition coefficient (Wildman–Crippen LogP) is 2.90. The molecule has 0 spiro atoms. The monoisotopic (exact) mass is 432 g/mol. The van der Waals surface area contributed by atoms with Gasteiger partial charge in [-0.3, -0.25) is 19.7 Å². The van der Waals surface area contributed by atoms with Gasteiger partial charge in [0.2, 0.25) is 0 Å². The molecule has 30 heavy (non-hydrogen) atoms. The third-order valence-corrected chi connectivity index (χ3v) is 5.12. The van der Waals surface area contributed by atoms with Crippen molar-refractivity contribution in [1.29, 1.82) is 0 Å². The number of ether oxygens (including phenoxy) is 1. The molecule has 0 atom stereocenters. The smallest absolute Gasteiger partial charge is 0.283 e. The molecule has 2 aromatic carbocycles. The van der Waals surface area contributed by atoms with E-state index >= 15 is 0 Å². The summed E-state index contributed by atoms with van der Waals surface area (Å²) in [6.07, 6.45) is 0. The van der Waals surface area contributed by atoms with Gasteiger partial charge in [0.25, 0.3) is 17.5 Å². The molecule has 1 N–H and O–H groups in total. The third kappa shape index (κ3) is 4.69. The Morgan fingerprint density at radius 1 is 1.13 bits per heavy atom. The first-order valence-electron chi connectivity index (χ1n) is 9.21. The molecule has 0 aliphatic carbocycles. The van der Waals surface area contributed by atoms with Crippen LogP contribution in [-0.2, 0) is 0 Å². The molecule has 10 heteroatoms. The fraction of sp³-hybridized carbons (Fsp3) is 0.300. The summed E-state index contributed by atoms with van der Waals surface area (Å²) in [5, 5.41) is 14.0. The summed E-state index contributed by atoms with van der Waals surface area (Å²) in [4.78, 5) is 40.1. The topological polar surface area (TPSA) is 105 Å². The fourth-order valence-corrected chi connectivity index (χ4v) is 3.33. The van der Waals surface area contributed by atoms with Gasteiger partial charge in [0, 0.05) is 42.8 Å². The Labute approximate surface area is 178 Å². The van der Waals surface area contributed by atoms with Crippen LogP contribution in [0.1, 0.15) is 20.7 Å². The van der Waals surface area contributed by atoms with E-state index < -0.39 is 16.5 Å². The number of anilines is 1.